The van der Waals surface area contributed by atoms with Crippen LogP contribution in [-0.2, 0) is 9.84 Å². The van der Waals surface area contributed by atoms with Crippen molar-refractivity contribution in [3.8, 4) is 0 Å². The van der Waals surface area contributed by atoms with Crippen molar-refractivity contribution < 1.29 is 8.42 Å². The van der Waals surface area contributed by atoms with Crippen LogP contribution in [0, 0.1) is 0 Å². The topological polar surface area (TPSA) is 34.1 Å². The molecule has 0 aliphatic heterocycles. The smallest absolute Gasteiger partial charge is 0.175 e. The van der Waals surface area contributed by atoms with Crippen LogP contribution >= 0.6 is 12.6 Å². The molecule has 0 aliphatic rings. The van der Waals surface area contributed by atoms with E-state index in [-0.39, 0.29) is 5.25 Å². The second-order valence-electron chi connectivity index (χ2n) is 3.02. The maximum Gasteiger partial charge on any atom is 0.175 e. The van der Waals surface area contributed by atoms with Crippen LogP contribution in [-0.4, -0.2) is 14.7 Å². The number of hydrogen-bond donors (Lipinski definition) is 1. The number of sulfone groups is 1. The van der Waals surface area contributed by atoms with Gasteiger partial charge in [-0.15, -0.1) is 0 Å². The normalized spacial score (nSPS) is 14.1. The zero-order chi connectivity index (χ0) is 10.1. The molecule has 0 fully saturated rings. The van der Waals surface area contributed by atoms with Gasteiger partial charge in [-0.2, -0.15) is 12.6 Å². The van der Waals surface area contributed by atoms with Crippen molar-refractivity contribution in [3.63, 3.8) is 0 Å². The van der Waals surface area contributed by atoms with Gasteiger partial charge in [-0.25, -0.2) is 8.42 Å². The Bertz CT molecular complexity index is 377. The first-order valence-electron chi connectivity index (χ1n) is 3.89. The standard InChI is InChI=1S/C9H12O2S2/c1-7(12)8-3-5-9(6-4-8)13(2,10)11/h3-7,12H,1-2H3. The highest BCUT2D eigenvalue weighted by Crippen LogP contribution is 2.20. The van der Waals surface area contributed by atoms with Gasteiger partial charge in [-0.05, 0) is 24.6 Å². The van der Waals surface area contributed by atoms with Gasteiger partial charge < -0.3 is 0 Å². The molecule has 0 N–H and O–H groups in total. The lowest BCUT2D eigenvalue weighted by molar-refractivity contribution is 0.602. The molecule has 0 amide bonds. The van der Waals surface area contributed by atoms with E-state index in [1.807, 2.05) is 6.92 Å². The molecule has 1 atom stereocenters. The van der Waals surface area contributed by atoms with E-state index in [0.717, 1.165) is 5.56 Å². The number of thiol groups is 1. The summed E-state index contributed by atoms with van der Waals surface area (Å²) < 4.78 is 22.2. The highest BCUT2D eigenvalue weighted by Gasteiger charge is 2.06. The van der Waals surface area contributed by atoms with Gasteiger partial charge in [0.05, 0.1) is 4.90 Å². The minimum atomic E-state index is -3.07. The molecule has 0 saturated carbocycles. The summed E-state index contributed by atoms with van der Waals surface area (Å²) in [6.45, 7) is 1.94. The van der Waals surface area contributed by atoms with Crippen LogP contribution in [0.15, 0.2) is 29.2 Å². The lowest BCUT2D eigenvalue weighted by Gasteiger charge is -2.04. The molecule has 1 rings (SSSR count). The van der Waals surface area contributed by atoms with E-state index >= 15 is 0 Å². The largest absolute Gasteiger partial charge is 0.224 e. The zero-order valence-corrected chi connectivity index (χ0v) is 9.27. The van der Waals surface area contributed by atoms with E-state index in [9.17, 15) is 8.42 Å². The highest BCUT2D eigenvalue weighted by atomic mass is 32.2. The second kappa shape index (κ2) is 3.72. The van der Waals surface area contributed by atoms with E-state index in [1.165, 1.54) is 6.26 Å². The van der Waals surface area contributed by atoms with Gasteiger partial charge in [-0.3, -0.25) is 0 Å². The zero-order valence-electron chi connectivity index (χ0n) is 7.56. The third-order valence-electron chi connectivity index (χ3n) is 1.79. The Morgan fingerprint density at radius 1 is 1.23 bits per heavy atom. The Hall–Kier alpha value is -0.480. The quantitative estimate of drug-likeness (QED) is 0.768. The van der Waals surface area contributed by atoms with E-state index in [4.69, 9.17) is 0 Å². The monoisotopic (exact) mass is 216 g/mol. The lowest BCUT2D eigenvalue weighted by Crippen LogP contribution is -1.97. The highest BCUT2D eigenvalue weighted by molar-refractivity contribution is 7.90. The van der Waals surface area contributed by atoms with Crippen molar-refractivity contribution >= 4 is 22.5 Å². The minimum absolute atomic E-state index is 0.133. The van der Waals surface area contributed by atoms with Gasteiger partial charge in [0.25, 0.3) is 0 Å². The molecule has 1 aromatic rings. The maximum atomic E-state index is 11.1. The van der Waals surface area contributed by atoms with Crippen LogP contribution < -0.4 is 0 Å². The molecule has 4 heteroatoms. The summed E-state index contributed by atoms with van der Waals surface area (Å²) in [5.41, 5.74) is 1.02. The van der Waals surface area contributed by atoms with Crippen molar-refractivity contribution in [3.05, 3.63) is 29.8 Å². The summed E-state index contributed by atoms with van der Waals surface area (Å²) >= 11 is 4.24. The van der Waals surface area contributed by atoms with E-state index < -0.39 is 9.84 Å². The fraction of sp³-hybridized carbons (Fsp3) is 0.333. The fourth-order valence-electron chi connectivity index (χ4n) is 0.994. The van der Waals surface area contributed by atoms with Crippen molar-refractivity contribution in [2.24, 2.45) is 0 Å². The lowest BCUT2D eigenvalue weighted by atomic mass is 10.2. The van der Waals surface area contributed by atoms with Crippen LogP contribution in [0.25, 0.3) is 0 Å². The summed E-state index contributed by atoms with van der Waals surface area (Å²) in [6, 6.07) is 6.79. The van der Waals surface area contributed by atoms with Gasteiger partial charge in [0.15, 0.2) is 9.84 Å². The third-order valence-corrected chi connectivity index (χ3v) is 3.22. The summed E-state index contributed by atoms with van der Waals surface area (Å²) in [5, 5.41) is 0.133. The molecule has 0 saturated heterocycles. The maximum absolute atomic E-state index is 11.1. The average Bonchev–Trinajstić information content (AvgIpc) is 2.03. The molecule has 2 nitrogen and oxygen atoms in total. The first-order valence-corrected chi connectivity index (χ1v) is 6.30. The van der Waals surface area contributed by atoms with Crippen LogP contribution in [0.4, 0.5) is 0 Å². The predicted octanol–water partition coefficient (Wildman–Crippen LogP) is 2.08. The van der Waals surface area contributed by atoms with Crippen LogP contribution in [0.1, 0.15) is 17.7 Å². The molecule has 72 valence electrons. The molecule has 0 bridgehead atoms. The molecular formula is C9H12O2S2. The Kier molecular flexibility index (Phi) is 3.03. The second-order valence-corrected chi connectivity index (χ2v) is 5.81. The Morgan fingerprint density at radius 3 is 2.00 bits per heavy atom. The first kappa shape index (κ1) is 10.6. The fourth-order valence-corrected chi connectivity index (χ4v) is 1.80. The van der Waals surface area contributed by atoms with Gasteiger partial charge in [0, 0.05) is 11.5 Å². The van der Waals surface area contributed by atoms with Crippen LogP contribution in [0.5, 0.6) is 0 Å². The molecule has 1 unspecified atom stereocenters. The number of hydrogen-bond acceptors (Lipinski definition) is 3. The number of benzene rings is 1. The first-order chi connectivity index (χ1) is 5.91. The SMILES string of the molecule is CC(S)c1ccc(S(C)(=O)=O)cc1. The minimum Gasteiger partial charge on any atom is -0.224 e. The van der Waals surface area contributed by atoms with Gasteiger partial charge in [0.1, 0.15) is 0 Å². The summed E-state index contributed by atoms with van der Waals surface area (Å²) in [6.07, 6.45) is 1.20. The third kappa shape index (κ3) is 2.74. The predicted molar refractivity (Wildman–Crippen MR) is 57.0 cm³/mol. The molecule has 13 heavy (non-hydrogen) atoms. The van der Waals surface area contributed by atoms with Crippen molar-refractivity contribution in [1.82, 2.24) is 0 Å². The molecule has 0 aliphatic carbocycles. The van der Waals surface area contributed by atoms with E-state index in [1.54, 1.807) is 24.3 Å². The Labute approximate surface area is 84.3 Å². The molecule has 0 aromatic heterocycles. The molecule has 0 radical (unpaired) electrons. The summed E-state index contributed by atoms with van der Waals surface area (Å²) in [4.78, 5) is 0.352. The van der Waals surface area contributed by atoms with Crippen molar-refractivity contribution in [2.45, 2.75) is 17.1 Å². The molecule has 0 heterocycles. The molecule has 0 spiro atoms. The van der Waals surface area contributed by atoms with E-state index in [2.05, 4.69) is 12.6 Å². The number of rotatable bonds is 2. The Morgan fingerprint density at radius 2 is 1.69 bits per heavy atom. The van der Waals surface area contributed by atoms with Gasteiger partial charge in [-0.1, -0.05) is 12.1 Å². The van der Waals surface area contributed by atoms with Crippen LogP contribution in [0.3, 0.4) is 0 Å². The average molecular weight is 216 g/mol. The van der Waals surface area contributed by atoms with Crippen molar-refractivity contribution in [1.29, 1.82) is 0 Å². The Balaban J connectivity index is 3.08. The molecular weight excluding hydrogens is 204 g/mol. The van der Waals surface area contributed by atoms with Gasteiger partial charge in [0.2, 0.25) is 0 Å². The molecule has 1 aromatic carbocycles. The van der Waals surface area contributed by atoms with Crippen LogP contribution in [0.2, 0.25) is 0 Å². The summed E-state index contributed by atoms with van der Waals surface area (Å²) in [7, 11) is -3.07. The van der Waals surface area contributed by atoms with Crippen molar-refractivity contribution in [2.75, 3.05) is 6.26 Å². The van der Waals surface area contributed by atoms with Gasteiger partial charge >= 0.3 is 0 Å². The van der Waals surface area contributed by atoms with E-state index in [0.29, 0.717) is 4.90 Å². The summed E-state index contributed by atoms with van der Waals surface area (Å²) in [5.74, 6) is 0.